The van der Waals surface area contributed by atoms with Gasteiger partial charge < -0.3 is 4.74 Å². The first kappa shape index (κ1) is 18.6. The molecule has 126 valence electrons. The van der Waals surface area contributed by atoms with Crippen molar-refractivity contribution in [1.29, 1.82) is 0 Å². The lowest BCUT2D eigenvalue weighted by Crippen LogP contribution is -2.20. The number of carbonyl (C=O) groups excluding carboxylic acids is 1. The van der Waals surface area contributed by atoms with Crippen molar-refractivity contribution in [2.75, 3.05) is 0 Å². The van der Waals surface area contributed by atoms with Crippen LogP contribution in [0.3, 0.4) is 0 Å². The quantitative estimate of drug-likeness (QED) is 0.529. The molecule has 1 aromatic rings. The first-order valence-corrected chi connectivity index (χ1v) is 8.45. The van der Waals surface area contributed by atoms with Crippen LogP contribution in [0.4, 0.5) is 0 Å². The fraction of sp³-hybridized carbons (Fsp3) is 0.350. The molecule has 4 heteroatoms. The summed E-state index contributed by atoms with van der Waals surface area (Å²) in [5.41, 5.74) is 1.58. The number of terminal acetylenes is 1. The van der Waals surface area contributed by atoms with Gasteiger partial charge in [0.2, 0.25) is 0 Å². The number of allylic oxidation sites excluding steroid dienone is 1. The zero-order valence-electron chi connectivity index (χ0n) is 13.9. The van der Waals surface area contributed by atoms with Gasteiger partial charge in [0.15, 0.2) is 6.10 Å². The molecule has 1 aliphatic rings. The van der Waals surface area contributed by atoms with Crippen molar-refractivity contribution >= 4 is 35.2 Å². The van der Waals surface area contributed by atoms with Crippen LogP contribution in [0.2, 0.25) is 0 Å². The van der Waals surface area contributed by atoms with Crippen molar-refractivity contribution < 1.29 is 9.53 Å². The normalized spacial score (nSPS) is 22.9. The summed E-state index contributed by atoms with van der Waals surface area (Å²) in [4.78, 5) is 12.5. The minimum Gasteiger partial charge on any atom is -0.444 e. The van der Waals surface area contributed by atoms with Crippen LogP contribution >= 0.6 is 23.2 Å². The molecule has 0 spiro atoms. The minimum atomic E-state index is -0.690. The van der Waals surface area contributed by atoms with Gasteiger partial charge in [0.1, 0.15) is 4.49 Å². The van der Waals surface area contributed by atoms with Gasteiger partial charge in [0.25, 0.3) is 0 Å². The average molecular weight is 363 g/mol. The van der Waals surface area contributed by atoms with E-state index in [1.807, 2.05) is 57.2 Å². The van der Waals surface area contributed by atoms with Gasteiger partial charge in [-0.3, -0.25) is 4.79 Å². The molecule has 3 unspecified atom stereocenters. The molecule has 1 fully saturated rings. The fourth-order valence-corrected chi connectivity index (χ4v) is 3.18. The predicted octanol–water partition coefficient (Wildman–Crippen LogP) is 5.23. The van der Waals surface area contributed by atoms with Crippen LogP contribution in [0.5, 0.6) is 0 Å². The Kier molecular flexibility index (Phi) is 5.80. The van der Waals surface area contributed by atoms with Crippen LogP contribution in [0.1, 0.15) is 26.3 Å². The average Bonchev–Trinajstić information content (AvgIpc) is 3.05. The summed E-state index contributed by atoms with van der Waals surface area (Å²) >= 11 is 11.4. The standard InChI is InChI=1S/C20H20Cl2O2/c1-5-16(13(2)11-14-9-7-6-8-10-14)24-19(23)18-15(12-17(21)22)20(18,3)4/h1,6-12,15-16,18H,2-4H3/b13-11+. The van der Waals surface area contributed by atoms with Crippen LogP contribution < -0.4 is 0 Å². The monoisotopic (exact) mass is 362 g/mol. The summed E-state index contributed by atoms with van der Waals surface area (Å²) in [5.74, 6) is 1.90. The van der Waals surface area contributed by atoms with Gasteiger partial charge in [-0.15, -0.1) is 6.42 Å². The Balaban J connectivity index is 2.09. The Morgan fingerprint density at radius 2 is 1.96 bits per heavy atom. The molecule has 0 aliphatic heterocycles. The van der Waals surface area contributed by atoms with Gasteiger partial charge in [-0.2, -0.15) is 0 Å². The minimum absolute atomic E-state index is 0.0353. The maximum Gasteiger partial charge on any atom is 0.311 e. The Morgan fingerprint density at radius 3 is 2.50 bits per heavy atom. The van der Waals surface area contributed by atoms with Gasteiger partial charge >= 0.3 is 5.97 Å². The third-order valence-corrected chi connectivity index (χ3v) is 4.71. The highest BCUT2D eigenvalue weighted by atomic mass is 35.5. The van der Waals surface area contributed by atoms with Crippen molar-refractivity contribution in [1.82, 2.24) is 0 Å². The number of halogens is 2. The summed E-state index contributed by atoms with van der Waals surface area (Å²) < 4.78 is 5.71. The second-order valence-corrected chi connectivity index (χ2v) is 7.57. The van der Waals surface area contributed by atoms with E-state index in [-0.39, 0.29) is 27.7 Å². The van der Waals surface area contributed by atoms with Crippen molar-refractivity contribution in [2.24, 2.45) is 17.3 Å². The van der Waals surface area contributed by atoms with Gasteiger partial charge in [0.05, 0.1) is 5.92 Å². The molecule has 0 radical (unpaired) electrons. The SMILES string of the molecule is C#CC(OC(=O)C1C(C=C(Cl)Cl)C1(C)C)/C(C)=C/c1ccccc1. The Hall–Kier alpha value is -1.69. The first-order valence-electron chi connectivity index (χ1n) is 7.70. The van der Waals surface area contributed by atoms with Crippen molar-refractivity contribution in [3.8, 4) is 12.3 Å². The molecule has 2 rings (SSSR count). The Labute approximate surface area is 153 Å². The number of rotatable bonds is 5. The van der Waals surface area contributed by atoms with Crippen LogP contribution in [-0.2, 0) is 9.53 Å². The summed E-state index contributed by atoms with van der Waals surface area (Å²) in [5, 5.41) is 0. The summed E-state index contributed by atoms with van der Waals surface area (Å²) in [6, 6.07) is 9.75. The number of ether oxygens (including phenoxy) is 1. The highest BCUT2D eigenvalue weighted by Gasteiger charge is 2.61. The molecule has 24 heavy (non-hydrogen) atoms. The zero-order chi connectivity index (χ0) is 17.9. The van der Waals surface area contributed by atoms with E-state index in [1.165, 1.54) is 0 Å². The predicted molar refractivity (Wildman–Crippen MR) is 99.4 cm³/mol. The smallest absolute Gasteiger partial charge is 0.311 e. The summed E-state index contributed by atoms with van der Waals surface area (Å²) in [7, 11) is 0. The first-order chi connectivity index (χ1) is 11.3. The largest absolute Gasteiger partial charge is 0.444 e. The molecule has 0 saturated heterocycles. The number of hydrogen-bond acceptors (Lipinski definition) is 2. The van der Waals surface area contributed by atoms with Gasteiger partial charge in [-0.1, -0.05) is 79.4 Å². The Morgan fingerprint density at radius 1 is 1.33 bits per heavy atom. The van der Waals surface area contributed by atoms with Crippen LogP contribution in [0.15, 0.2) is 46.5 Å². The highest BCUT2D eigenvalue weighted by molar-refractivity contribution is 6.55. The Bertz CT molecular complexity index is 707. The molecule has 0 bridgehead atoms. The highest BCUT2D eigenvalue weighted by Crippen LogP contribution is 2.60. The van der Waals surface area contributed by atoms with E-state index >= 15 is 0 Å². The number of carbonyl (C=O) groups is 1. The van der Waals surface area contributed by atoms with Gasteiger partial charge in [-0.25, -0.2) is 0 Å². The van der Waals surface area contributed by atoms with E-state index in [9.17, 15) is 4.79 Å². The maximum atomic E-state index is 12.5. The number of hydrogen-bond donors (Lipinski definition) is 0. The molecule has 2 nitrogen and oxygen atoms in total. The van der Waals surface area contributed by atoms with Gasteiger partial charge in [-0.05, 0) is 35.5 Å². The van der Waals surface area contributed by atoms with Crippen LogP contribution in [-0.4, -0.2) is 12.1 Å². The van der Waals surface area contributed by atoms with Crippen molar-refractivity contribution in [3.63, 3.8) is 0 Å². The molecule has 1 aliphatic carbocycles. The lowest BCUT2D eigenvalue weighted by molar-refractivity contribution is -0.147. The molecular formula is C20H20Cl2O2. The molecule has 0 heterocycles. The van der Waals surface area contributed by atoms with E-state index in [0.717, 1.165) is 11.1 Å². The van der Waals surface area contributed by atoms with E-state index in [0.29, 0.717) is 0 Å². The van der Waals surface area contributed by atoms with E-state index < -0.39 is 6.10 Å². The number of benzene rings is 1. The lowest BCUT2D eigenvalue weighted by atomic mass is 10.1. The molecule has 0 N–H and O–H groups in total. The van der Waals surface area contributed by atoms with Crippen LogP contribution in [0, 0.1) is 29.6 Å². The molecule has 1 saturated carbocycles. The molecular weight excluding hydrogens is 343 g/mol. The molecule has 0 amide bonds. The third kappa shape index (κ3) is 4.23. The topological polar surface area (TPSA) is 26.3 Å². The maximum absolute atomic E-state index is 12.5. The lowest BCUT2D eigenvalue weighted by Gasteiger charge is -2.14. The molecule has 0 aromatic heterocycles. The molecule has 3 atom stereocenters. The van der Waals surface area contributed by atoms with Crippen molar-refractivity contribution in [2.45, 2.75) is 26.9 Å². The summed E-state index contributed by atoms with van der Waals surface area (Å²) in [6.07, 6.45) is 8.47. The number of esters is 1. The fourth-order valence-electron chi connectivity index (χ4n) is 2.91. The second-order valence-electron chi connectivity index (χ2n) is 6.56. The van der Waals surface area contributed by atoms with Crippen LogP contribution in [0.25, 0.3) is 6.08 Å². The third-order valence-electron chi connectivity index (χ3n) is 4.46. The van der Waals surface area contributed by atoms with Crippen molar-refractivity contribution in [3.05, 3.63) is 52.0 Å². The second kappa shape index (κ2) is 7.47. The van der Waals surface area contributed by atoms with Gasteiger partial charge in [0, 0.05) is 0 Å². The van der Waals surface area contributed by atoms with E-state index in [1.54, 1.807) is 6.08 Å². The molecule has 1 aromatic carbocycles. The van der Waals surface area contributed by atoms with E-state index in [2.05, 4.69) is 5.92 Å². The van der Waals surface area contributed by atoms with E-state index in [4.69, 9.17) is 34.4 Å². The summed E-state index contributed by atoms with van der Waals surface area (Å²) in [6.45, 7) is 5.82. The zero-order valence-corrected chi connectivity index (χ0v) is 15.4.